The summed E-state index contributed by atoms with van der Waals surface area (Å²) in [6, 6.07) is 0. The number of H-pyrrole nitrogens is 1. The molecule has 112 valence electrons. The molecule has 1 fully saturated rings. The molecule has 3 heterocycles. The average Bonchev–Trinajstić information content (AvgIpc) is 2.85. The Morgan fingerprint density at radius 3 is 3.19 bits per heavy atom. The second-order valence-electron chi connectivity index (χ2n) is 5.05. The van der Waals surface area contributed by atoms with E-state index in [9.17, 15) is 4.79 Å². The van der Waals surface area contributed by atoms with Crippen molar-refractivity contribution in [3.05, 3.63) is 6.20 Å². The Kier molecular flexibility index (Phi) is 3.85. The van der Waals surface area contributed by atoms with Crippen LogP contribution in [-0.2, 0) is 4.79 Å². The maximum Gasteiger partial charge on any atom is 0.239 e. The van der Waals surface area contributed by atoms with Gasteiger partial charge in [-0.15, -0.1) is 0 Å². The number of rotatable bonds is 4. The van der Waals surface area contributed by atoms with Crippen LogP contribution in [0, 0.1) is 0 Å². The van der Waals surface area contributed by atoms with E-state index in [-0.39, 0.29) is 5.91 Å². The second kappa shape index (κ2) is 5.94. The quantitative estimate of drug-likeness (QED) is 0.758. The van der Waals surface area contributed by atoms with Crippen LogP contribution >= 0.6 is 0 Å². The summed E-state index contributed by atoms with van der Waals surface area (Å²) in [6.07, 6.45) is 3.59. The van der Waals surface area contributed by atoms with E-state index >= 15 is 0 Å². The highest BCUT2D eigenvalue weighted by Gasteiger charge is 2.20. The van der Waals surface area contributed by atoms with Crippen molar-refractivity contribution in [2.24, 2.45) is 0 Å². The Balaban J connectivity index is 1.98. The molecule has 8 nitrogen and oxygen atoms in total. The molecule has 8 heteroatoms. The van der Waals surface area contributed by atoms with Gasteiger partial charge >= 0.3 is 0 Å². The topological polar surface area (TPSA) is 98.8 Å². The maximum atomic E-state index is 11.8. The number of aromatic amines is 1. The third kappa shape index (κ3) is 2.88. The Morgan fingerprint density at radius 1 is 1.43 bits per heavy atom. The summed E-state index contributed by atoms with van der Waals surface area (Å²) in [4.78, 5) is 22.7. The first kappa shape index (κ1) is 13.6. The number of nitrogens with one attached hydrogen (secondary N) is 3. The van der Waals surface area contributed by atoms with Crippen molar-refractivity contribution in [2.45, 2.75) is 19.8 Å². The molecule has 1 aliphatic rings. The Hall–Kier alpha value is -2.38. The summed E-state index contributed by atoms with van der Waals surface area (Å²) in [6.45, 7) is 4.69. The largest absolute Gasteiger partial charge is 0.354 e. The van der Waals surface area contributed by atoms with Crippen molar-refractivity contribution < 1.29 is 4.79 Å². The van der Waals surface area contributed by atoms with Crippen molar-refractivity contribution in [3.63, 3.8) is 0 Å². The van der Waals surface area contributed by atoms with Crippen LogP contribution in [0.3, 0.4) is 0 Å². The lowest BCUT2D eigenvalue weighted by Gasteiger charge is -2.21. The van der Waals surface area contributed by atoms with E-state index in [2.05, 4.69) is 37.7 Å². The van der Waals surface area contributed by atoms with Gasteiger partial charge in [0.05, 0.1) is 18.1 Å². The van der Waals surface area contributed by atoms with Crippen LogP contribution in [0.2, 0.25) is 0 Å². The Morgan fingerprint density at radius 2 is 2.33 bits per heavy atom. The fraction of sp³-hybridized carbons (Fsp3) is 0.538. The molecule has 0 atom stereocenters. The van der Waals surface area contributed by atoms with Crippen LogP contribution in [0.5, 0.6) is 0 Å². The third-order valence-corrected chi connectivity index (χ3v) is 3.38. The fourth-order valence-electron chi connectivity index (χ4n) is 2.36. The molecule has 0 spiro atoms. The molecule has 3 rings (SSSR count). The van der Waals surface area contributed by atoms with E-state index in [4.69, 9.17) is 0 Å². The Bertz CT molecular complexity index is 638. The lowest BCUT2D eigenvalue weighted by atomic mass is 10.3. The number of hydrogen-bond donors (Lipinski definition) is 3. The van der Waals surface area contributed by atoms with Crippen LogP contribution in [0.4, 0.5) is 11.8 Å². The van der Waals surface area contributed by atoms with Gasteiger partial charge in [-0.25, -0.2) is 0 Å². The summed E-state index contributed by atoms with van der Waals surface area (Å²) < 4.78 is 0. The summed E-state index contributed by atoms with van der Waals surface area (Å²) in [5, 5.41) is 13.8. The number of nitrogens with zero attached hydrogens (tertiary/aromatic N) is 4. The molecule has 1 saturated heterocycles. The van der Waals surface area contributed by atoms with E-state index in [1.807, 2.05) is 4.90 Å². The van der Waals surface area contributed by atoms with Crippen LogP contribution in [0.15, 0.2) is 6.20 Å². The zero-order valence-corrected chi connectivity index (χ0v) is 12.0. The van der Waals surface area contributed by atoms with Crippen LogP contribution < -0.4 is 15.5 Å². The van der Waals surface area contributed by atoms with Crippen molar-refractivity contribution in [1.82, 2.24) is 25.5 Å². The number of fused-ring (bicyclic) bond motifs is 1. The van der Waals surface area contributed by atoms with Gasteiger partial charge in [-0.1, -0.05) is 6.92 Å². The summed E-state index contributed by atoms with van der Waals surface area (Å²) in [7, 11) is 0. The molecule has 2 aromatic heterocycles. The molecule has 0 unspecified atom stereocenters. The first-order chi connectivity index (χ1) is 10.3. The van der Waals surface area contributed by atoms with E-state index in [0.29, 0.717) is 24.7 Å². The third-order valence-electron chi connectivity index (χ3n) is 3.38. The highest BCUT2D eigenvalue weighted by molar-refractivity contribution is 5.90. The van der Waals surface area contributed by atoms with E-state index in [1.54, 1.807) is 6.20 Å². The van der Waals surface area contributed by atoms with E-state index in [1.165, 1.54) is 0 Å². The smallest absolute Gasteiger partial charge is 0.239 e. The van der Waals surface area contributed by atoms with Crippen LogP contribution in [0.1, 0.15) is 19.8 Å². The number of hydrogen-bond acceptors (Lipinski definition) is 6. The normalized spacial score (nSPS) is 15.9. The molecule has 0 aliphatic carbocycles. The average molecular weight is 289 g/mol. The SMILES string of the molecule is CCCNc1nc(N2CCCNC(=O)C2)c2cn[nH]c2n1. The minimum atomic E-state index is 0.0193. The van der Waals surface area contributed by atoms with Gasteiger partial charge in [0.2, 0.25) is 11.9 Å². The summed E-state index contributed by atoms with van der Waals surface area (Å²) in [5.41, 5.74) is 0.684. The highest BCUT2D eigenvalue weighted by atomic mass is 16.2. The number of carbonyl (C=O) groups excluding carboxylic acids is 1. The molecule has 0 saturated carbocycles. The Labute approximate surface area is 122 Å². The molecule has 1 amide bonds. The van der Waals surface area contributed by atoms with Gasteiger partial charge in [0.15, 0.2) is 5.65 Å². The van der Waals surface area contributed by atoms with Gasteiger partial charge in [-0.3, -0.25) is 9.89 Å². The maximum absolute atomic E-state index is 11.8. The number of amides is 1. The predicted molar refractivity (Wildman–Crippen MR) is 80.3 cm³/mol. The van der Waals surface area contributed by atoms with Gasteiger partial charge in [0.1, 0.15) is 5.82 Å². The molecule has 21 heavy (non-hydrogen) atoms. The van der Waals surface area contributed by atoms with Gasteiger partial charge < -0.3 is 15.5 Å². The molecule has 3 N–H and O–H groups in total. The second-order valence-corrected chi connectivity index (χ2v) is 5.05. The molecule has 0 aromatic carbocycles. The van der Waals surface area contributed by atoms with Gasteiger partial charge in [-0.05, 0) is 12.8 Å². The van der Waals surface area contributed by atoms with Crippen molar-refractivity contribution >= 4 is 28.7 Å². The summed E-state index contributed by atoms with van der Waals surface area (Å²) >= 11 is 0. The lowest BCUT2D eigenvalue weighted by Crippen LogP contribution is -2.33. The minimum Gasteiger partial charge on any atom is -0.354 e. The number of anilines is 2. The zero-order chi connectivity index (χ0) is 14.7. The van der Waals surface area contributed by atoms with Crippen molar-refractivity contribution in [3.8, 4) is 0 Å². The highest BCUT2D eigenvalue weighted by Crippen LogP contribution is 2.24. The van der Waals surface area contributed by atoms with E-state index in [0.717, 1.165) is 37.1 Å². The monoisotopic (exact) mass is 289 g/mol. The first-order valence-electron chi connectivity index (χ1n) is 7.24. The van der Waals surface area contributed by atoms with Crippen LogP contribution in [-0.4, -0.2) is 52.3 Å². The van der Waals surface area contributed by atoms with Crippen LogP contribution in [0.25, 0.3) is 11.0 Å². The van der Waals surface area contributed by atoms with Gasteiger partial charge in [0.25, 0.3) is 0 Å². The zero-order valence-electron chi connectivity index (χ0n) is 12.0. The number of aromatic nitrogens is 4. The van der Waals surface area contributed by atoms with Gasteiger partial charge in [-0.2, -0.15) is 15.1 Å². The standard InChI is InChI=1S/C13H19N7O/c1-2-4-15-13-17-11-9(7-16-19-11)12(18-13)20-6-3-5-14-10(21)8-20/h7H,2-6,8H2,1H3,(H,14,21)(H2,15,16,17,18,19). The lowest BCUT2D eigenvalue weighted by molar-refractivity contribution is -0.119. The molecule has 0 radical (unpaired) electrons. The fourth-order valence-corrected chi connectivity index (χ4v) is 2.36. The molecule has 1 aliphatic heterocycles. The van der Waals surface area contributed by atoms with Crippen molar-refractivity contribution in [2.75, 3.05) is 36.4 Å². The molecule has 0 bridgehead atoms. The predicted octanol–water partition coefficient (Wildman–Crippen LogP) is 0.501. The number of carbonyl (C=O) groups is 1. The molecule has 2 aromatic rings. The van der Waals surface area contributed by atoms with Gasteiger partial charge in [0, 0.05) is 19.6 Å². The van der Waals surface area contributed by atoms with E-state index < -0.39 is 0 Å². The van der Waals surface area contributed by atoms with Crippen molar-refractivity contribution in [1.29, 1.82) is 0 Å². The molecular weight excluding hydrogens is 270 g/mol. The summed E-state index contributed by atoms with van der Waals surface area (Å²) in [5.74, 6) is 1.34. The minimum absolute atomic E-state index is 0.0193. The molecular formula is C13H19N7O. The first-order valence-corrected chi connectivity index (χ1v) is 7.24.